The Balaban J connectivity index is 1.69. The van der Waals surface area contributed by atoms with Crippen molar-refractivity contribution in [3.8, 4) is 5.75 Å². The van der Waals surface area contributed by atoms with Crippen LogP contribution in [0.15, 0.2) is 39.7 Å². The van der Waals surface area contributed by atoms with Crippen molar-refractivity contribution in [2.75, 3.05) is 25.6 Å². The van der Waals surface area contributed by atoms with Crippen LogP contribution in [0.2, 0.25) is 0 Å². The van der Waals surface area contributed by atoms with E-state index in [-0.39, 0.29) is 18.1 Å². The summed E-state index contributed by atoms with van der Waals surface area (Å²) in [5, 5.41) is 2.30. The molecule has 0 spiro atoms. The number of benzene rings is 2. The minimum Gasteiger partial charge on any atom is -0.481 e. The van der Waals surface area contributed by atoms with E-state index in [1.165, 1.54) is 7.11 Å². The van der Waals surface area contributed by atoms with Crippen molar-refractivity contribution in [3.05, 3.63) is 62.0 Å². The molecular weight excluding hydrogens is 524 g/mol. The molecule has 8 nitrogen and oxygen atoms in total. The smallest absolute Gasteiger partial charge is 0.343 e. The molecule has 1 aliphatic rings. The average molecular weight is 547 g/mol. The van der Waals surface area contributed by atoms with Crippen LogP contribution >= 0.6 is 27.7 Å². The zero-order valence-corrected chi connectivity index (χ0v) is 21.5. The lowest BCUT2D eigenvalue weighted by molar-refractivity contribution is -0.143. The minimum atomic E-state index is -0.537. The first kappa shape index (κ1) is 25.5. The van der Waals surface area contributed by atoms with Crippen LogP contribution in [-0.2, 0) is 19.1 Å². The van der Waals surface area contributed by atoms with Crippen molar-refractivity contribution < 1.29 is 28.7 Å². The first-order valence-corrected chi connectivity index (χ1v) is 11.8. The highest BCUT2D eigenvalue weighted by Crippen LogP contribution is 2.34. The van der Waals surface area contributed by atoms with Crippen LogP contribution in [-0.4, -0.2) is 48.2 Å². The van der Waals surface area contributed by atoms with Gasteiger partial charge in [-0.25, -0.2) is 4.79 Å². The van der Waals surface area contributed by atoms with Gasteiger partial charge in [0, 0.05) is 5.69 Å². The molecule has 3 rings (SSSR count). The van der Waals surface area contributed by atoms with Gasteiger partial charge in [-0.05, 0) is 83.4 Å². The van der Waals surface area contributed by atoms with Gasteiger partial charge in [0.1, 0.15) is 12.3 Å². The fourth-order valence-corrected chi connectivity index (χ4v) is 4.76. The van der Waals surface area contributed by atoms with E-state index in [1.54, 1.807) is 24.3 Å². The molecule has 1 saturated heterocycles. The Morgan fingerprint density at radius 1 is 1.12 bits per heavy atom. The standard InChI is InChI=1S/C24H23BrN2O6S/c1-13-7-14(2)22(15(3)8-13)26-20(28)11-27-23(30)19(34-24(27)31)10-16-5-6-18(17(25)9-16)33-12-21(29)32-4/h5-10H,11-12H2,1-4H3,(H,26,28)/b19-10+. The van der Waals surface area contributed by atoms with E-state index in [4.69, 9.17) is 4.74 Å². The molecule has 0 radical (unpaired) electrons. The van der Waals surface area contributed by atoms with Crippen molar-refractivity contribution in [1.82, 2.24) is 4.90 Å². The van der Waals surface area contributed by atoms with Crippen LogP contribution in [0.5, 0.6) is 5.75 Å². The fraction of sp³-hybridized carbons (Fsp3) is 0.250. The van der Waals surface area contributed by atoms with Gasteiger partial charge in [-0.15, -0.1) is 0 Å². The fourth-order valence-electron chi connectivity index (χ4n) is 3.41. The number of esters is 1. The molecule has 1 fully saturated rings. The summed E-state index contributed by atoms with van der Waals surface area (Å²) in [5.74, 6) is -1.08. The second-order valence-corrected chi connectivity index (χ2v) is 9.49. The molecule has 0 saturated carbocycles. The Bertz CT molecular complexity index is 1190. The van der Waals surface area contributed by atoms with E-state index < -0.39 is 23.0 Å². The molecular formula is C24H23BrN2O6S. The maximum atomic E-state index is 12.8. The number of ether oxygens (including phenoxy) is 2. The van der Waals surface area contributed by atoms with E-state index in [2.05, 4.69) is 26.0 Å². The number of hydrogen-bond donors (Lipinski definition) is 1. The summed E-state index contributed by atoms with van der Waals surface area (Å²) in [5.41, 5.74) is 4.21. The Hall–Kier alpha value is -3.11. The zero-order chi connectivity index (χ0) is 25.0. The van der Waals surface area contributed by atoms with Gasteiger partial charge < -0.3 is 14.8 Å². The van der Waals surface area contributed by atoms with Crippen LogP contribution in [0.4, 0.5) is 10.5 Å². The second-order valence-electron chi connectivity index (χ2n) is 7.64. The molecule has 1 heterocycles. The van der Waals surface area contributed by atoms with Crippen molar-refractivity contribution in [3.63, 3.8) is 0 Å². The normalized spacial score (nSPS) is 14.5. The third kappa shape index (κ3) is 6.06. The van der Waals surface area contributed by atoms with E-state index in [1.807, 2.05) is 32.9 Å². The minimum absolute atomic E-state index is 0.204. The highest BCUT2D eigenvalue weighted by molar-refractivity contribution is 9.10. The predicted molar refractivity (Wildman–Crippen MR) is 134 cm³/mol. The van der Waals surface area contributed by atoms with Crippen molar-refractivity contribution >= 4 is 62.5 Å². The van der Waals surface area contributed by atoms with Crippen molar-refractivity contribution in [2.24, 2.45) is 0 Å². The quantitative estimate of drug-likeness (QED) is 0.399. The summed E-state index contributed by atoms with van der Waals surface area (Å²) < 4.78 is 10.5. The number of amides is 3. The summed E-state index contributed by atoms with van der Waals surface area (Å²) in [4.78, 5) is 50.2. The number of aryl methyl sites for hydroxylation is 3. The van der Waals surface area contributed by atoms with Crippen molar-refractivity contribution in [1.29, 1.82) is 0 Å². The van der Waals surface area contributed by atoms with Gasteiger partial charge in [0.05, 0.1) is 16.5 Å². The van der Waals surface area contributed by atoms with Gasteiger partial charge in [-0.3, -0.25) is 19.3 Å². The highest BCUT2D eigenvalue weighted by Gasteiger charge is 2.36. The highest BCUT2D eigenvalue weighted by atomic mass is 79.9. The van der Waals surface area contributed by atoms with Gasteiger partial charge in [0.2, 0.25) is 5.91 Å². The zero-order valence-electron chi connectivity index (χ0n) is 19.1. The number of thioether (sulfide) groups is 1. The lowest BCUT2D eigenvalue weighted by Crippen LogP contribution is -2.36. The van der Waals surface area contributed by atoms with Gasteiger partial charge in [-0.1, -0.05) is 23.8 Å². The summed E-state index contributed by atoms with van der Waals surface area (Å²) >= 11 is 4.13. The van der Waals surface area contributed by atoms with E-state index in [0.717, 1.165) is 33.4 Å². The van der Waals surface area contributed by atoms with Crippen LogP contribution in [0.25, 0.3) is 6.08 Å². The molecule has 2 aromatic rings. The first-order chi connectivity index (χ1) is 16.1. The molecule has 1 N–H and O–H groups in total. The number of carbonyl (C=O) groups is 4. The number of nitrogens with zero attached hydrogens (tertiary/aromatic N) is 1. The molecule has 0 atom stereocenters. The number of methoxy groups -OCH3 is 1. The number of imide groups is 1. The van der Waals surface area contributed by atoms with E-state index >= 15 is 0 Å². The Kier molecular flexibility index (Phi) is 8.16. The van der Waals surface area contributed by atoms with Crippen LogP contribution in [0.3, 0.4) is 0 Å². The summed E-state index contributed by atoms with van der Waals surface area (Å²) in [6.45, 7) is 5.14. The number of nitrogens with one attached hydrogen (secondary N) is 1. The third-order valence-electron chi connectivity index (χ3n) is 4.94. The van der Waals surface area contributed by atoms with E-state index in [0.29, 0.717) is 21.5 Å². The van der Waals surface area contributed by atoms with Crippen molar-refractivity contribution in [2.45, 2.75) is 20.8 Å². The summed E-state index contributed by atoms with van der Waals surface area (Å²) in [6.07, 6.45) is 1.56. The monoisotopic (exact) mass is 546 g/mol. The Labute approximate surface area is 209 Å². The van der Waals surface area contributed by atoms with E-state index in [9.17, 15) is 19.2 Å². The van der Waals surface area contributed by atoms with Gasteiger partial charge in [-0.2, -0.15) is 0 Å². The lowest BCUT2D eigenvalue weighted by atomic mass is 10.1. The Morgan fingerprint density at radius 2 is 1.79 bits per heavy atom. The molecule has 0 bridgehead atoms. The Morgan fingerprint density at radius 3 is 2.41 bits per heavy atom. The number of carbonyl (C=O) groups excluding carboxylic acids is 4. The largest absolute Gasteiger partial charge is 0.481 e. The van der Waals surface area contributed by atoms with Gasteiger partial charge in [0.15, 0.2) is 6.61 Å². The number of halogens is 1. The lowest BCUT2D eigenvalue weighted by Gasteiger charge is -2.15. The molecule has 3 amide bonds. The number of hydrogen-bond acceptors (Lipinski definition) is 7. The maximum absolute atomic E-state index is 12.8. The number of anilines is 1. The topological polar surface area (TPSA) is 102 Å². The molecule has 10 heteroatoms. The molecule has 0 unspecified atom stereocenters. The summed E-state index contributed by atoms with van der Waals surface area (Å²) in [7, 11) is 1.27. The summed E-state index contributed by atoms with van der Waals surface area (Å²) in [6, 6.07) is 8.91. The predicted octanol–water partition coefficient (Wildman–Crippen LogP) is 4.60. The molecule has 0 aliphatic carbocycles. The first-order valence-electron chi connectivity index (χ1n) is 10.2. The maximum Gasteiger partial charge on any atom is 0.343 e. The average Bonchev–Trinajstić information content (AvgIpc) is 3.02. The van der Waals surface area contributed by atoms with Crippen LogP contribution in [0, 0.1) is 20.8 Å². The molecule has 2 aromatic carbocycles. The number of rotatable bonds is 7. The molecule has 178 valence electrons. The molecule has 34 heavy (non-hydrogen) atoms. The SMILES string of the molecule is COC(=O)COc1ccc(/C=C2/SC(=O)N(CC(=O)Nc3c(C)cc(C)cc3C)C2=O)cc1Br. The van der Waals surface area contributed by atoms with Gasteiger partial charge in [0.25, 0.3) is 11.1 Å². The van der Waals surface area contributed by atoms with Crippen LogP contribution in [0.1, 0.15) is 22.3 Å². The second kappa shape index (κ2) is 10.9. The molecule has 1 aliphatic heterocycles. The van der Waals surface area contributed by atoms with Gasteiger partial charge >= 0.3 is 5.97 Å². The van der Waals surface area contributed by atoms with Crippen LogP contribution < -0.4 is 10.1 Å². The third-order valence-corrected chi connectivity index (χ3v) is 6.47. The molecule has 0 aromatic heterocycles.